The number of nitrogens with zero attached hydrogens (tertiary/aromatic N) is 4. The van der Waals surface area contributed by atoms with Crippen molar-refractivity contribution in [3.05, 3.63) is 36.4 Å². The number of aromatic nitrogens is 3. The van der Waals surface area contributed by atoms with Crippen molar-refractivity contribution in [1.82, 2.24) is 14.8 Å². The highest BCUT2D eigenvalue weighted by Crippen LogP contribution is 2.17. The summed E-state index contributed by atoms with van der Waals surface area (Å²) in [5.74, 6) is 0.538. The average Bonchev–Trinajstić information content (AvgIpc) is 2.77. The molecule has 0 spiro atoms. The van der Waals surface area contributed by atoms with Crippen molar-refractivity contribution in [2.75, 3.05) is 19.0 Å². The number of benzene rings is 1. The third kappa shape index (κ3) is 1.90. The summed E-state index contributed by atoms with van der Waals surface area (Å²) in [5.41, 5.74) is 2.04. The summed E-state index contributed by atoms with van der Waals surface area (Å²) in [6.07, 6.45) is 1.60. The summed E-state index contributed by atoms with van der Waals surface area (Å²) in [4.78, 5) is 2.02. The Labute approximate surface area is 94.0 Å². The third-order valence-corrected chi connectivity index (χ3v) is 2.38. The van der Waals surface area contributed by atoms with Crippen LogP contribution in [0.4, 0.5) is 5.69 Å². The molecular formula is C11H14N4O. The standard InChI is InChI=1S/C11H14N4O/c1-14(2)9-4-3-5-10(6-9)15-8-12-13-11(15)7-16/h3-6,8,16H,7H2,1-2H3. The van der Waals surface area contributed by atoms with E-state index in [9.17, 15) is 0 Å². The zero-order valence-corrected chi connectivity index (χ0v) is 9.33. The number of rotatable bonds is 3. The van der Waals surface area contributed by atoms with Gasteiger partial charge in [0.25, 0.3) is 0 Å². The van der Waals surface area contributed by atoms with Gasteiger partial charge in [-0.15, -0.1) is 10.2 Å². The molecule has 0 unspecified atom stereocenters. The fraction of sp³-hybridized carbons (Fsp3) is 0.273. The maximum Gasteiger partial charge on any atom is 0.163 e. The van der Waals surface area contributed by atoms with Crippen LogP contribution in [-0.2, 0) is 6.61 Å². The van der Waals surface area contributed by atoms with Gasteiger partial charge in [-0.1, -0.05) is 6.07 Å². The molecule has 0 radical (unpaired) electrons. The fourth-order valence-corrected chi connectivity index (χ4v) is 1.50. The molecule has 1 aromatic carbocycles. The summed E-state index contributed by atoms with van der Waals surface area (Å²) >= 11 is 0. The average molecular weight is 218 g/mol. The van der Waals surface area contributed by atoms with Gasteiger partial charge >= 0.3 is 0 Å². The summed E-state index contributed by atoms with van der Waals surface area (Å²) in [6, 6.07) is 7.95. The highest BCUT2D eigenvalue weighted by atomic mass is 16.3. The van der Waals surface area contributed by atoms with Gasteiger partial charge in [0.1, 0.15) is 12.9 Å². The first-order valence-corrected chi connectivity index (χ1v) is 5.00. The van der Waals surface area contributed by atoms with E-state index in [1.54, 1.807) is 10.9 Å². The van der Waals surface area contributed by atoms with Gasteiger partial charge in [-0.2, -0.15) is 0 Å². The van der Waals surface area contributed by atoms with E-state index in [1.807, 2.05) is 43.3 Å². The lowest BCUT2D eigenvalue weighted by molar-refractivity contribution is 0.269. The van der Waals surface area contributed by atoms with Gasteiger partial charge in [-0.25, -0.2) is 0 Å². The van der Waals surface area contributed by atoms with Crippen molar-refractivity contribution < 1.29 is 5.11 Å². The molecule has 0 bridgehead atoms. The van der Waals surface area contributed by atoms with E-state index in [4.69, 9.17) is 5.11 Å². The number of anilines is 1. The SMILES string of the molecule is CN(C)c1cccc(-n2cnnc2CO)c1. The third-order valence-electron chi connectivity index (χ3n) is 2.38. The van der Waals surface area contributed by atoms with Gasteiger partial charge in [-0.3, -0.25) is 4.57 Å². The molecular weight excluding hydrogens is 204 g/mol. The zero-order valence-electron chi connectivity index (χ0n) is 9.33. The zero-order chi connectivity index (χ0) is 11.5. The molecule has 1 aromatic heterocycles. The lowest BCUT2D eigenvalue weighted by atomic mass is 10.2. The predicted octanol–water partition coefficient (Wildman–Crippen LogP) is 0.826. The number of hydrogen-bond acceptors (Lipinski definition) is 4. The first kappa shape index (κ1) is 10.6. The molecule has 0 saturated heterocycles. The molecule has 16 heavy (non-hydrogen) atoms. The van der Waals surface area contributed by atoms with Gasteiger partial charge in [0.05, 0.1) is 5.69 Å². The van der Waals surface area contributed by atoms with Gasteiger partial charge < -0.3 is 10.0 Å². The Morgan fingerprint density at radius 1 is 1.38 bits per heavy atom. The van der Waals surface area contributed by atoms with Crippen LogP contribution in [0, 0.1) is 0 Å². The van der Waals surface area contributed by atoms with E-state index in [-0.39, 0.29) is 6.61 Å². The molecule has 2 aromatic rings. The Bertz CT molecular complexity index is 478. The van der Waals surface area contributed by atoms with Gasteiger partial charge in [0.2, 0.25) is 0 Å². The first-order chi connectivity index (χ1) is 7.72. The highest BCUT2D eigenvalue weighted by molar-refractivity contribution is 5.52. The minimum atomic E-state index is -0.119. The topological polar surface area (TPSA) is 54.2 Å². The maximum atomic E-state index is 9.11. The smallest absolute Gasteiger partial charge is 0.163 e. The Hall–Kier alpha value is -1.88. The molecule has 0 aliphatic carbocycles. The van der Waals surface area contributed by atoms with Crippen molar-refractivity contribution in [2.24, 2.45) is 0 Å². The second-order valence-corrected chi connectivity index (χ2v) is 3.69. The molecule has 0 amide bonds. The Kier molecular flexibility index (Phi) is 2.87. The van der Waals surface area contributed by atoms with E-state index in [2.05, 4.69) is 10.2 Å². The summed E-state index contributed by atoms with van der Waals surface area (Å²) in [6.45, 7) is -0.119. The van der Waals surface area contributed by atoms with Crippen LogP contribution in [0.2, 0.25) is 0 Å². The highest BCUT2D eigenvalue weighted by Gasteiger charge is 2.05. The normalized spacial score (nSPS) is 10.4. The van der Waals surface area contributed by atoms with Crippen LogP contribution in [0.3, 0.4) is 0 Å². The molecule has 0 aliphatic rings. The van der Waals surface area contributed by atoms with Gasteiger partial charge in [-0.05, 0) is 18.2 Å². The minimum absolute atomic E-state index is 0.119. The fourth-order valence-electron chi connectivity index (χ4n) is 1.50. The minimum Gasteiger partial charge on any atom is -0.388 e. The van der Waals surface area contributed by atoms with Crippen molar-refractivity contribution in [3.8, 4) is 5.69 Å². The summed E-state index contributed by atoms with van der Waals surface area (Å²) < 4.78 is 1.77. The molecule has 0 saturated carbocycles. The van der Waals surface area contributed by atoms with Gasteiger partial charge in [0.15, 0.2) is 5.82 Å². The van der Waals surface area contributed by atoms with E-state index >= 15 is 0 Å². The van der Waals surface area contributed by atoms with Crippen molar-refractivity contribution in [1.29, 1.82) is 0 Å². The van der Waals surface area contributed by atoms with Gasteiger partial charge in [0, 0.05) is 19.8 Å². The molecule has 5 nitrogen and oxygen atoms in total. The molecule has 1 heterocycles. The second kappa shape index (κ2) is 4.32. The first-order valence-electron chi connectivity index (χ1n) is 5.00. The predicted molar refractivity (Wildman–Crippen MR) is 61.6 cm³/mol. The van der Waals surface area contributed by atoms with Crippen LogP contribution >= 0.6 is 0 Å². The number of aliphatic hydroxyl groups excluding tert-OH is 1. The Morgan fingerprint density at radius 3 is 2.88 bits per heavy atom. The van der Waals surface area contributed by atoms with E-state index in [0.29, 0.717) is 5.82 Å². The Balaban J connectivity index is 2.44. The molecule has 1 N–H and O–H groups in total. The van der Waals surface area contributed by atoms with Crippen LogP contribution in [-0.4, -0.2) is 34.0 Å². The number of aliphatic hydroxyl groups is 1. The van der Waals surface area contributed by atoms with E-state index in [1.165, 1.54) is 0 Å². The number of hydrogen-bond donors (Lipinski definition) is 1. The van der Waals surface area contributed by atoms with Crippen LogP contribution in [0.5, 0.6) is 0 Å². The monoisotopic (exact) mass is 218 g/mol. The van der Waals surface area contributed by atoms with Crippen LogP contribution < -0.4 is 4.90 Å². The lowest BCUT2D eigenvalue weighted by Crippen LogP contribution is -2.09. The largest absolute Gasteiger partial charge is 0.388 e. The Morgan fingerprint density at radius 2 is 2.19 bits per heavy atom. The van der Waals surface area contributed by atoms with Crippen LogP contribution in [0.15, 0.2) is 30.6 Å². The van der Waals surface area contributed by atoms with Crippen LogP contribution in [0.25, 0.3) is 5.69 Å². The second-order valence-electron chi connectivity index (χ2n) is 3.69. The van der Waals surface area contributed by atoms with E-state index in [0.717, 1.165) is 11.4 Å². The maximum absolute atomic E-state index is 9.11. The molecule has 2 rings (SSSR count). The summed E-state index contributed by atoms with van der Waals surface area (Å²) in [7, 11) is 3.97. The quantitative estimate of drug-likeness (QED) is 0.829. The van der Waals surface area contributed by atoms with E-state index < -0.39 is 0 Å². The lowest BCUT2D eigenvalue weighted by Gasteiger charge is -2.14. The molecule has 5 heteroatoms. The molecule has 0 aliphatic heterocycles. The van der Waals surface area contributed by atoms with Crippen molar-refractivity contribution in [2.45, 2.75) is 6.61 Å². The summed E-state index contributed by atoms with van der Waals surface area (Å²) in [5, 5.41) is 16.7. The molecule has 0 fully saturated rings. The van der Waals surface area contributed by atoms with Crippen LogP contribution in [0.1, 0.15) is 5.82 Å². The van der Waals surface area contributed by atoms with Crippen molar-refractivity contribution in [3.63, 3.8) is 0 Å². The molecule has 84 valence electrons. The molecule has 0 atom stereocenters. The van der Waals surface area contributed by atoms with Crippen molar-refractivity contribution >= 4 is 5.69 Å².